The summed E-state index contributed by atoms with van der Waals surface area (Å²) in [5, 5.41) is 20.7. The van der Waals surface area contributed by atoms with Crippen LogP contribution in [-0.2, 0) is 18.3 Å². The van der Waals surface area contributed by atoms with Gasteiger partial charge in [0.25, 0.3) is 11.5 Å². The molecule has 1 amide bonds. The Bertz CT molecular complexity index is 1350. The highest BCUT2D eigenvalue weighted by Crippen LogP contribution is 2.51. The Morgan fingerprint density at radius 2 is 1.87 bits per heavy atom. The average Bonchev–Trinajstić information content (AvgIpc) is 3.68. The van der Waals surface area contributed by atoms with Crippen LogP contribution in [0.25, 0.3) is 0 Å². The van der Waals surface area contributed by atoms with E-state index in [0.717, 1.165) is 55.9 Å². The molecule has 0 radical (unpaired) electrons. The van der Waals surface area contributed by atoms with Crippen LogP contribution in [0.15, 0.2) is 29.1 Å². The molecule has 2 bridgehead atoms. The van der Waals surface area contributed by atoms with Crippen molar-refractivity contribution in [2.24, 2.45) is 11.8 Å². The Morgan fingerprint density at radius 1 is 1.13 bits per heavy atom. The summed E-state index contributed by atoms with van der Waals surface area (Å²) in [6.07, 6.45) is 7.82. The first kappa shape index (κ1) is 25.3. The molecule has 208 valence electrons. The molecule has 7 nitrogen and oxygen atoms in total. The topological polar surface area (TPSA) is 96.9 Å². The van der Waals surface area contributed by atoms with E-state index in [-0.39, 0.29) is 40.6 Å². The van der Waals surface area contributed by atoms with E-state index in [4.69, 9.17) is 0 Å². The van der Waals surface area contributed by atoms with Crippen LogP contribution in [-0.4, -0.2) is 68.2 Å². The number of aryl methyl sites for hydroxylation is 1. The summed E-state index contributed by atoms with van der Waals surface area (Å²) in [5.41, 5.74) is 4.18. The molecule has 4 fully saturated rings. The SMILES string of the molecule is Cc1ccc(O)cc1[C@]12CCN(CC3CC3)[C@H](C)[C@@H]1Cc1cc(C(=O)N3C4CC[C@H]3CC(O)C4)c(=O)[nH]c1C2. The zero-order valence-electron chi connectivity index (χ0n) is 23.2. The smallest absolute Gasteiger partial charge is 0.261 e. The number of aromatic hydroxyl groups is 1. The molecule has 1 aromatic carbocycles. The number of aromatic nitrogens is 1. The van der Waals surface area contributed by atoms with Gasteiger partial charge in [0.05, 0.1) is 6.10 Å². The van der Waals surface area contributed by atoms with Crippen molar-refractivity contribution in [1.82, 2.24) is 14.8 Å². The van der Waals surface area contributed by atoms with Gasteiger partial charge in [-0.2, -0.15) is 0 Å². The minimum Gasteiger partial charge on any atom is -0.508 e. The maximum Gasteiger partial charge on any atom is 0.261 e. The molecule has 2 unspecified atom stereocenters. The first-order chi connectivity index (χ1) is 18.7. The Hall–Kier alpha value is -2.64. The van der Waals surface area contributed by atoms with Gasteiger partial charge in [0, 0.05) is 35.8 Å². The van der Waals surface area contributed by atoms with Gasteiger partial charge in [-0.05, 0) is 125 Å². The highest BCUT2D eigenvalue weighted by molar-refractivity contribution is 5.95. The van der Waals surface area contributed by atoms with Crippen LogP contribution < -0.4 is 5.56 Å². The fraction of sp³-hybridized carbons (Fsp3) is 0.625. The van der Waals surface area contributed by atoms with Crippen LogP contribution in [0.1, 0.15) is 84.6 Å². The number of carbonyl (C=O) groups is 1. The van der Waals surface area contributed by atoms with Gasteiger partial charge in [-0.3, -0.25) is 9.59 Å². The molecule has 2 aromatic rings. The normalized spacial score (nSPS) is 34.0. The van der Waals surface area contributed by atoms with Gasteiger partial charge in [-0.25, -0.2) is 0 Å². The van der Waals surface area contributed by atoms with Crippen molar-refractivity contribution in [3.05, 3.63) is 62.6 Å². The molecule has 5 aliphatic rings. The van der Waals surface area contributed by atoms with Crippen LogP contribution in [0.3, 0.4) is 0 Å². The van der Waals surface area contributed by atoms with Crippen LogP contribution in [0.4, 0.5) is 0 Å². The fourth-order valence-electron chi connectivity index (χ4n) is 8.78. The summed E-state index contributed by atoms with van der Waals surface area (Å²) < 4.78 is 0. The number of H-pyrrole nitrogens is 1. The monoisotopic (exact) mass is 531 g/mol. The van der Waals surface area contributed by atoms with Crippen molar-refractivity contribution < 1.29 is 15.0 Å². The Balaban J connectivity index is 1.27. The number of phenols is 1. The second-order valence-corrected chi connectivity index (χ2v) is 13.3. The highest BCUT2D eigenvalue weighted by atomic mass is 16.3. The van der Waals surface area contributed by atoms with E-state index >= 15 is 0 Å². The number of phenolic OH excluding ortho intramolecular Hbond substituents is 1. The summed E-state index contributed by atoms with van der Waals surface area (Å²) in [4.78, 5) is 34.9. The predicted octanol–water partition coefficient (Wildman–Crippen LogP) is 3.67. The first-order valence-corrected chi connectivity index (χ1v) is 15.0. The van der Waals surface area contributed by atoms with Crippen molar-refractivity contribution in [2.75, 3.05) is 13.1 Å². The number of hydrogen-bond acceptors (Lipinski definition) is 5. The molecule has 7 rings (SSSR count). The predicted molar refractivity (Wildman–Crippen MR) is 149 cm³/mol. The number of aliphatic hydroxyl groups is 1. The Morgan fingerprint density at radius 3 is 2.59 bits per heavy atom. The van der Waals surface area contributed by atoms with Gasteiger partial charge in [0.1, 0.15) is 11.3 Å². The molecule has 3 saturated heterocycles. The second-order valence-electron chi connectivity index (χ2n) is 13.3. The third-order valence-corrected chi connectivity index (χ3v) is 11.0. The Labute approximate surface area is 230 Å². The minimum absolute atomic E-state index is 0.0254. The number of rotatable bonds is 4. The minimum atomic E-state index is -0.353. The van der Waals surface area contributed by atoms with E-state index in [1.807, 2.05) is 23.1 Å². The van der Waals surface area contributed by atoms with Crippen LogP contribution in [0.5, 0.6) is 5.75 Å². The van der Waals surface area contributed by atoms with Crippen molar-refractivity contribution >= 4 is 5.91 Å². The summed E-state index contributed by atoms with van der Waals surface area (Å²) in [5.74, 6) is 1.25. The van der Waals surface area contributed by atoms with Gasteiger partial charge in [-0.1, -0.05) is 6.07 Å². The molecule has 3 aliphatic heterocycles. The van der Waals surface area contributed by atoms with Crippen molar-refractivity contribution in [1.29, 1.82) is 0 Å². The molecule has 3 N–H and O–H groups in total. The molecular formula is C32H41N3O4. The molecule has 39 heavy (non-hydrogen) atoms. The third kappa shape index (κ3) is 4.15. The number of aliphatic hydroxyl groups excluding tert-OH is 1. The summed E-state index contributed by atoms with van der Waals surface area (Å²) in [6.45, 7) is 6.66. The summed E-state index contributed by atoms with van der Waals surface area (Å²) >= 11 is 0. The summed E-state index contributed by atoms with van der Waals surface area (Å²) in [6, 6.07) is 8.04. The number of aromatic amines is 1. The van der Waals surface area contributed by atoms with Gasteiger partial charge in [0.15, 0.2) is 0 Å². The van der Waals surface area contributed by atoms with E-state index < -0.39 is 0 Å². The molecule has 7 heteroatoms. The van der Waals surface area contributed by atoms with Crippen molar-refractivity contribution in [2.45, 2.75) is 101 Å². The molecule has 2 aliphatic carbocycles. The van der Waals surface area contributed by atoms with Crippen LogP contribution >= 0.6 is 0 Å². The lowest BCUT2D eigenvalue weighted by atomic mass is 9.55. The molecular weight excluding hydrogens is 490 g/mol. The largest absolute Gasteiger partial charge is 0.508 e. The number of fused-ring (bicyclic) bond motifs is 4. The zero-order chi connectivity index (χ0) is 27.1. The van der Waals surface area contributed by atoms with E-state index in [0.29, 0.717) is 37.0 Å². The van der Waals surface area contributed by atoms with Crippen LogP contribution in [0.2, 0.25) is 0 Å². The average molecular weight is 532 g/mol. The van der Waals surface area contributed by atoms with Gasteiger partial charge in [0.2, 0.25) is 0 Å². The highest BCUT2D eigenvalue weighted by Gasteiger charge is 2.52. The van der Waals surface area contributed by atoms with Crippen LogP contribution in [0, 0.1) is 18.8 Å². The van der Waals surface area contributed by atoms with Gasteiger partial charge >= 0.3 is 0 Å². The fourth-order valence-corrected chi connectivity index (χ4v) is 8.78. The molecule has 6 atom stereocenters. The van der Waals surface area contributed by atoms with E-state index in [9.17, 15) is 19.8 Å². The van der Waals surface area contributed by atoms with E-state index in [1.54, 1.807) is 6.07 Å². The maximum absolute atomic E-state index is 13.8. The first-order valence-electron chi connectivity index (χ1n) is 15.0. The standard InChI is InChI=1S/C32H41N3O4/c1-18-3-8-24(36)15-27(18)32-9-10-34(17-20-4-5-20)19(2)28(32)12-21-11-26(30(38)33-29(21)16-32)31(39)35-22-6-7-23(35)14-25(37)13-22/h3,8,11,15,19-20,22-23,25,28,36-37H,4-7,9-10,12-14,16-17H2,1-2H3,(H,33,38)/t19-,22+,23?,25?,28+,32-/m1/s1. The Kier molecular flexibility index (Phi) is 5.98. The molecule has 1 aromatic heterocycles. The number of pyridine rings is 1. The number of likely N-dealkylation sites (tertiary alicyclic amines) is 1. The van der Waals surface area contributed by atoms with E-state index in [1.165, 1.54) is 24.0 Å². The zero-order valence-corrected chi connectivity index (χ0v) is 23.2. The second kappa shape index (κ2) is 9.20. The number of nitrogens with one attached hydrogen (secondary N) is 1. The van der Waals surface area contributed by atoms with Gasteiger partial charge in [-0.15, -0.1) is 0 Å². The maximum atomic E-state index is 13.8. The molecule has 0 spiro atoms. The van der Waals surface area contributed by atoms with Crippen molar-refractivity contribution in [3.63, 3.8) is 0 Å². The third-order valence-electron chi connectivity index (χ3n) is 11.0. The number of amides is 1. The lowest BCUT2D eigenvalue weighted by molar-refractivity contribution is 0.0243. The molecule has 4 heterocycles. The number of hydrogen-bond donors (Lipinski definition) is 3. The number of piperidine rings is 2. The number of nitrogens with zero attached hydrogens (tertiary/aromatic N) is 2. The number of carbonyl (C=O) groups excluding carboxylic acids is 1. The molecule has 1 saturated carbocycles. The summed E-state index contributed by atoms with van der Waals surface area (Å²) in [7, 11) is 0. The lowest BCUT2D eigenvalue weighted by Crippen LogP contribution is -2.59. The number of benzene rings is 1. The lowest BCUT2D eigenvalue weighted by Gasteiger charge is -2.55. The van der Waals surface area contributed by atoms with E-state index in [2.05, 4.69) is 23.7 Å². The van der Waals surface area contributed by atoms with Crippen molar-refractivity contribution in [3.8, 4) is 5.75 Å². The quantitative estimate of drug-likeness (QED) is 0.560. The van der Waals surface area contributed by atoms with Gasteiger partial charge < -0.3 is 25.0 Å².